The van der Waals surface area contributed by atoms with Gasteiger partial charge in [-0.2, -0.15) is 0 Å². The van der Waals surface area contributed by atoms with Crippen molar-refractivity contribution in [2.75, 3.05) is 18.0 Å². The summed E-state index contributed by atoms with van der Waals surface area (Å²) in [5.41, 5.74) is 1.38. The van der Waals surface area contributed by atoms with Gasteiger partial charge in [-0.3, -0.25) is 4.79 Å². The van der Waals surface area contributed by atoms with Crippen molar-refractivity contribution in [3.05, 3.63) is 10.6 Å². The molecule has 0 aliphatic carbocycles. The number of thiazole rings is 1. The fraction of sp³-hybridized carbons (Fsp3) is 0.765. The number of anilines is 1. The molecule has 1 aromatic rings. The van der Waals surface area contributed by atoms with E-state index >= 15 is 0 Å². The van der Waals surface area contributed by atoms with Crippen LogP contribution in [-0.2, 0) is 0 Å². The van der Waals surface area contributed by atoms with Gasteiger partial charge < -0.3 is 4.90 Å². The van der Waals surface area contributed by atoms with Crippen LogP contribution in [0.4, 0.5) is 5.13 Å². The van der Waals surface area contributed by atoms with Gasteiger partial charge >= 0.3 is 0 Å². The lowest BCUT2D eigenvalue weighted by atomic mass is 9.75. The molecule has 118 valence electrons. The number of aldehydes is 1. The molecule has 1 aliphatic rings. The zero-order valence-corrected chi connectivity index (χ0v) is 14.8. The maximum absolute atomic E-state index is 11.3. The predicted molar refractivity (Wildman–Crippen MR) is 90.6 cm³/mol. The second-order valence-electron chi connectivity index (χ2n) is 7.30. The van der Waals surface area contributed by atoms with E-state index in [0.29, 0.717) is 11.3 Å². The molecule has 2 rings (SSSR count). The SMILES string of the molecule is CCC(C)c1nc(N2CCC(C(C)(C)C)CC2)sc1C=O. The Morgan fingerprint density at radius 3 is 2.48 bits per heavy atom. The summed E-state index contributed by atoms with van der Waals surface area (Å²) in [5.74, 6) is 1.15. The van der Waals surface area contributed by atoms with Crippen molar-refractivity contribution in [1.29, 1.82) is 0 Å². The summed E-state index contributed by atoms with van der Waals surface area (Å²) >= 11 is 1.57. The van der Waals surface area contributed by atoms with Gasteiger partial charge in [0.25, 0.3) is 0 Å². The summed E-state index contributed by atoms with van der Waals surface area (Å²) in [6.45, 7) is 13.4. The number of aromatic nitrogens is 1. The van der Waals surface area contributed by atoms with Crippen LogP contribution in [0.15, 0.2) is 0 Å². The highest BCUT2D eigenvalue weighted by molar-refractivity contribution is 7.17. The Hall–Kier alpha value is -0.900. The molecule has 0 spiro atoms. The van der Waals surface area contributed by atoms with E-state index in [-0.39, 0.29) is 0 Å². The average molecular weight is 308 g/mol. The van der Waals surface area contributed by atoms with E-state index in [1.165, 1.54) is 12.8 Å². The third-order valence-corrected chi connectivity index (χ3v) is 5.90. The topological polar surface area (TPSA) is 33.2 Å². The molecular formula is C17H28N2OS. The van der Waals surface area contributed by atoms with Crippen molar-refractivity contribution in [1.82, 2.24) is 4.98 Å². The lowest BCUT2D eigenvalue weighted by Gasteiger charge is -2.38. The highest BCUT2D eigenvalue weighted by atomic mass is 32.1. The number of nitrogens with zero attached hydrogens (tertiary/aromatic N) is 2. The average Bonchev–Trinajstić information content (AvgIpc) is 2.90. The predicted octanol–water partition coefficient (Wildman–Crippen LogP) is 4.73. The molecule has 2 heterocycles. The van der Waals surface area contributed by atoms with Crippen LogP contribution < -0.4 is 4.90 Å². The summed E-state index contributed by atoms with van der Waals surface area (Å²) in [7, 11) is 0. The number of carbonyl (C=O) groups excluding carboxylic acids is 1. The minimum absolute atomic E-state index is 0.363. The van der Waals surface area contributed by atoms with E-state index in [1.807, 2.05) is 0 Å². The van der Waals surface area contributed by atoms with Crippen molar-refractivity contribution in [2.45, 2.75) is 59.8 Å². The molecule has 0 bridgehead atoms. The zero-order valence-electron chi connectivity index (χ0n) is 14.0. The minimum atomic E-state index is 0.363. The molecule has 1 aliphatic heterocycles. The van der Waals surface area contributed by atoms with Crippen LogP contribution in [0.3, 0.4) is 0 Å². The van der Waals surface area contributed by atoms with Gasteiger partial charge in [0, 0.05) is 13.1 Å². The zero-order chi connectivity index (χ0) is 15.6. The Balaban J connectivity index is 2.10. The van der Waals surface area contributed by atoms with Crippen LogP contribution in [-0.4, -0.2) is 24.4 Å². The quantitative estimate of drug-likeness (QED) is 0.754. The molecule has 0 N–H and O–H groups in total. The number of piperidine rings is 1. The van der Waals surface area contributed by atoms with E-state index in [4.69, 9.17) is 4.98 Å². The summed E-state index contributed by atoms with van der Waals surface area (Å²) in [6.07, 6.45) is 4.44. The van der Waals surface area contributed by atoms with E-state index in [0.717, 1.165) is 47.4 Å². The van der Waals surface area contributed by atoms with E-state index in [1.54, 1.807) is 11.3 Å². The van der Waals surface area contributed by atoms with Crippen LogP contribution in [0.5, 0.6) is 0 Å². The molecule has 0 radical (unpaired) electrons. The van der Waals surface area contributed by atoms with Crippen molar-refractivity contribution in [2.24, 2.45) is 11.3 Å². The van der Waals surface area contributed by atoms with Gasteiger partial charge in [-0.15, -0.1) is 0 Å². The van der Waals surface area contributed by atoms with Crippen LogP contribution in [0.1, 0.15) is 75.2 Å². The lowest BCUT2D eigenvalue weighted by molar-refractivity contribution is 0.112. The van der Waals surface area contributed by atoms with Gasteiger partial charge in [-0.05, 0) is 36.5 Å². The third-order valence-electron chi connectivity index (χ3n) is 4.85. The van der Waals surface area contributed by atoms with Crippen molar-refractivity contribution >= 4 is 22.8 Å². The fourth-order valence-electron chi connectivity index (χ4n) is 3.03. The molecule has 1 fully saturated rings. The van der Waals surface area contributed by atoms with E-state index < -0.39 is 0 Å². The van der Waals surface area contributed by atoms with Gasteiger partial charge in [0.2, 0.25) is 0 Å². The summed E-state index contributed by atoms with van der Waals surface area (Å²) in [6, 6.07) is 0. The number of hydrogen-bond donors (Lipinski definition) is 0. The monoisotopic (exact) mass is 308 g/mol. The molecule has 0 aromatic carbocycles. The largest absolute Gasteiger partial charge is 0.348 e. The molecular weight excluding hydrogens is 280 g/mol. The van der Waals surface area contributed by atoms with Gasteiger partial charge in [0.15, 0.2) is 11.4 Å². The van der Waals surface area contributed by atoms with Crippen molar-refractivity contribution in [3.63, 3.8) is 0 Å². The smallest absolute Gasteiger partial charge is 0.186 e. The van der Waals surface area contributed by atoms with E-state index in [2.05, 4.69) is 39.5 Å². The first-order chi connectivity index (χ1) is 9.86. The number of rotatable bonds is 4. The van der Waals surface area contributed by atoms with Crippen LogP contribution in [0.25, 0.3) is 0 Å². The van der Waals surface area contributed by atoms with E-state index in [9.17, 15) is 4.79 Å². The number of carbonyl (C=O) groups is 1. The maximum atomic E-state index is 11.3. The first kappa shape index (κ1) is 16.5. The standard InChI is InChI=1S/C17H28N2OS/c1-6-12(2)15-14(11-20)21-16(18-15)19-9-7-13(8-10-19)17(3,4)5/h11-13H,6-10H2,1-5H3. The molecule has 1 atom stereocenters. The van der Waals surface area contributed by atoms with Gasteiger partial charge in [-0.1, -0.05) is 46.0 Å². The second kappa shape index (κ2) is 6.47. The summed E-state index contributed by atoms with van der Waals surface area (Å²) in [4.78, 5) is 19.2. The van der Waals surface area contributed by atoms with Gasteiger partial charge in [0.05, 0.1) is 10.6 Å². The van der Waals surface area contributed by atoms with Gasteiger partial charge in [-0.25, -0.2) is 4.98 Å². The highest BCUT2D eigenvalue weighted by Gasteiger charge is 2.30. The number of hydrogen-bond acceptors (Lipinski definition) is 4. The van der Waals surface area contributed by atoms with Crippen LogP contribution >= 0.6 is 11.3 Å². The van der Waals surface area contributed by atoms with Crippen molar-refractivity contribution in [3.8, 4) is 0 Å². The third kappa shape index (κ3) is 3.65. The first-order valence-corrected chi connectivity index (χ1v) is 8.89. The Labute approximate surface area is 132 Å². The fourth-order valence-corrected chi connectivity index (χ4v) is 4.09. The summed E-state index contributed by atoms with van der Waals surface area (Å²) < 4.78 is 0. The first-order valence-electron chi connectivity index (χ1n) is 8.07. The second-order valence-corrected chi connectivity index (χ2v) is 8.31. The molecule has 4 heteroatoms. The molecule has 1 saturated heterocycles. The van der Waals surface area contributed by atoms with Crippen LogP contribution in [0.2, 0.25) is 0 Å². The Morgan fingerprint density at radius 1 is 1.38 bits per heavy atom. The molecule has 21 heavy (non-hydrogen) atoms. The van der Waals surface area contributed by atoms with Crippen molar-refractivity contribution < 1.29 is 4.79 Å². The Morgan fingerprint density at radius 2 is 2.00 bits per heavy atom. The highest BCUT2D eigenvalue weighted by Crippen LogP contribution is 2.37. The van der Waals surface area contributed by atoms with Crippen LogP contribution in [0, 0.1) is 11.3 Å². The minimum Gasteiger partial charge on any atom is -0.348 e. The normalized spacial score (nSPS) is 18.8. The molecule has 3 nitrogen and oxygen atoms in total. The lowest BCUT2D eigenvalue weighted by Crippen LogP contribution is -2.38. The summed E-state index contributed by atoms with van der Waals surface area (Å²) in [5, 5.41) is 1.04. The maximum Gasteiger partial charge on any atom is 0.186 e. The molecule has 1 aromatic heterocycles. The Kier molecular flexibility index (Phi) is 5.07. The molecule has 0 saturated carbocycles. The molecule has 0 amide bonds. The molecule has 1 unspecified atom stereocenters. The van der Waals surface area contributed by atoms with Gasteiger partial charge in [0.1, 0.15) is 0 Å². The Bertz CT molecular complexity index is 481.